The number of anilines is 1. The lowest BCUT2D eigenvalue weighted by molar-refractivity contribution is -0.133. The van der Waals surface area contributed by atoms with Gasteiger partial charge in [0.1, 0.15) is 11.4 Å². The van der Waals surface area contributed by atoms with Crippen molar-refractivity contribution < 1.29 is 9.18 Å². The predicted octanol–water partition coefficient (Wildman–Crippen LogP) is 5.60. The minimum absolute atomic E-state index is 0.162. The average Bonchev–Trinajstić information content (AvgIpc) is 3.74. The first-order valence-corrected chi connectivity index (χ1v) is 15.6. The third-order valence-electron chi connectivity index (χ3n) is 9.93. The summed E-state index contributed by atoms with van der Waals surface area (Å²) in [7, 11) is 0. The number of carbonyl (C=O) groups excluding carboxylic acids is 1. The van der Waals surface area contributed by atoms with Crippen molar-refractivity contribution in [1.82, 2.24) is 24.8 Å². The van der Waals surface area contributed by atoms with Crippen molar-refractivity contribution in [3.8, 4) is 0 Å². The minimum atomic E-state index is -0.642. The van der Waals surface area contributed by atoms with Crippen LogP contribution in [0, 0.1) is 5.82 Å². The molecule has 222 valence electrons. The summed E-state index contributed by atoms with van der Waals surface area (Å²) < 4.78 is 15.8. The van der Waals surface area contributed by atoms with Crippen LogP contribution >= 0.6 is 0 Å². The highest BCUT2D eigenvalue weighted by Crippen LogP contribution is 2.45. The molecule has 2 fully saturated rings. The fraction of sp³-hybridized carbons (Fsp3) is 0.306. The highest BCUT2D eigenvalue weighted by atomic mass is 19.1. The van der Waals surface area contributed by atoms with E-state index in [9.17, 15) is 9.18 Å². The van der Waals surface area contributed by atoms with Crippen molar-refractivity contribution in [3.63, 3.8) is 0 Å². The molecule has 1 spiro atoms. The van der Waals surface area contributed by atoms with Crippen LogP contribution in [0.5, 0.6) is 0 Å². The lowest BCUT2D eigenvalue weighted by atomic mass is 9.84. The maximum Gasteiger partial charge on any atom is 0.250 e. The maximum atomic E-state index is 14.3. The summed E-state index contributed by atoms with van der Waals surface area (Å²) in [5.74, 6) is -0.108. The Morgan fingerprint density at radius 2 is 1.66 bits per heavy atom. The van der Waals surface area contributed by atoms with Crippen LogP contribution in [0.4, 0.5) is 10.1 Å². The molecule has 3 heterocycles. The molecule has 1 amide bonds. The van der Waals surface area contributed by atoms with Gasteiger partial charge in [0.2, 0.25) is 5.91 Å². The van der Waals surface area contributed by atoms with Gasteiger partial charge in [-0.25, -0.2) is 9.07 Å². The molecule has 0 radical (unpaired) electrons. The van der Waals surface area contributed by atoms with E-state index < -0.39 is 5.54 Å². The van der Waals surface area contributed by atoms with Gasteiger partial charge in [-0.3, -0.25) is 9.69 Å². The monoisotopic (exact) mass is 586 g/mol. The predicted molar refractivity (Wildman–Crippen MR) is 169 cm³/mol. The Bertz CT molecular complexity index is 1810. The molecule has 0 N–H and O–H groups in total. The van der Waals surface area contributed by atoms with Crippen molar-refractivity contribution in [2.24, 2.45) is 0 Å². The molecule has 0 bridgehead atoms. The van der Waals surface area contributed by atoms with Crippen LogP contribution in [-0.2, 0) is 24.2 Å². The van der Waals surface area contributed by atoms with E-state index in [4.69, 9.17) is 0 Å². The fourth-order valence-electron chi connectivity index (χ4n) is 7.68. The number of halogens is 1. The van der Waals surface area contributed by atoms with E-state index in [1.807, 2.05) is 46.1 Å². The molecule has 1 aliphatic carbocycles. The van der Waals surface area contributed by atoms with Crippen LogP contribution in [0.2, 0.25) is 0 Å². The molecule has 5 aromatic rings. The molecule has 2 saturated heterocycles. The lowest BCUT2D eigenvalue weighted by Gasteiger charge is -2.45. The van der Waals surface area contributed by atoms with Gasteiger partial charge in [-0.1, -0.05) is 71.9 Å². The first-order chi connectivity index (χ1) is 21.6. The van der Waals surface area contributed by atoms with E-state index in [1.54, 1.807) is 0 Å². The molecule has 8 heteroatoms. The molecule has 7 nitrogen and oxygen atoms in total. The van der Waals surface area contributed by atoms with E-state index in [-0.39, 0.29) is 11.7 Å². The van der Waals surface area contributed by atoms with Crippen LogP contribution < -0.4 is 4.90 Å². The fourth-order valence-corrected chi connectivity index (χ4v) is 7.68. The quantitative estimate of drug-likeness (QED) is 0.249. The molecule has 2 aliphatic heterocycles. The van der Waals surface area contributed by atoms with E-state index in [1.165, 1.54) is 39.6 Å². The number of amides is 1. The molecule has 3 aliphatic rings. The van der Waals surface area contributed by atoms with Crippen molar-refractivity contribution >= 4 is 22.4 Å². The molecule has 8 rings (SSSR count). The molecule has 0 unspecified atom stereocenters. The molecule has 4 aromatic carbocycles. The minimum Gasteiger partial charge on any atom is -0.339 e. The van der Waals surface area contributed by atoms with Crippen LogP contribution in [0.25, 0.3) is 10.8 Å². The molecule has 1 atom stereocenters. The Balaban J connectivity index is 1.00. The van der Waals surface area contributed by atoms with Gasteiger partial charge in [0, 0.05) is 44.0 Å². The third kappa shape index (κ3) is 4.65. The van der Waals surface area contributed by atoms with E-state index in [0.717, 1.165) is 43.7 Å². The zero-order valence-electron chi connectivity index (χ0n) is 24.6. The number of nitrogens with zero attached hydrogens (tertiary/aromatic N) is 6. The largest absolute Gasteiger partial charge is 0.339 e. The van der Waals surface area contributed by atoms with Crippen molar-refractivity contribution in [2.75, 3.05) is 31.2 Å². The molecule has 0 saturated carbocycles. The van der Waals surface area contributed by atoms with E-state index in [0.29, 0.717) is 32.2 Å². The third-order valence-corrected chi connectivity index (χ3v) is 9.93. The van der Waals surface area contributed by atoms with Gasteiger partial charge in [0.05, 0.1) is 18.9 Å². The summed E-state index contributed by atoms with van der Waals surface area (Å²) in [6.07, 6.45) is 5.08. The Labute approximate surface area is 256 Å². The van der Waals surface area contributed by atoms with Crippen LogP contribution in [0.15, 0.2) is 97.2 Å². The summed E-state index contributed by atoms with van der Waals surface area (Å²) in [5, 5.41) is 11.4. The van der Waals surface area contributed by atoms with Gasteiger partial charge in [-0.2, -0.15) is 0 Å². The number of likely N-dealkylation sites (tertiary alicyclic amines) is 1. The Morgan fingerprint density at radius 3 is 2.45 bits per heavy atom. The summed E-state index contributed by atoms with van der Waals surface area (Å²) in [4.78, 5) is 21.1. The van der Waals surface area contributed by atoms with Gasteiger partial charge in [0.25, 0.3) is 0 Å². The van der Waals surface area contributed by atoms with Gasteiger partial charge in [0.15, 0.2) is 0 Å². The highest BCUT2D eigenvalue weighted by Gasteiger charge is 2.54. The van der Waals surface area contributed by atoms with Crippen molar-refractivity contribution in [1.29, 1.82) is 0 Å². The van der Waals surface area contributed by atoms with Gasteiger partial charge >= 0.3 is 0 Å². The average molecular weight is 587 g/mol. The first-order valence-electron chi connectivity index (χ1n) is 15.6. The topological polar surface area (TPSA) is 57.5 Å². The number of piperidine rings is 1. The highest BCUT2D eigenvalue weighted by molar-refractivity contribution is 5.94. The molecular weight excluding hydrogens is 551 g/mol. The maximum absolute atomic E-state index is 14.3. The number of carbonyl (C=O) groups is 1. The molecule has 1 aromatic heterocycles. The Morgan fingerprint density at radius 1 is 0.886 bits per heavy atom. The lowest BCUT2D eigenvalue weighted by Crippen LogP contribution is -2.57. The summed E-state index contributed by atoms with van der Waals surface area (Å²) in [6.45, 7) is 3.37. The van der Waals surface area contributed by atoms with Crippen LogP contribution in [0.3, 0.4) is 0 Å². The molecule has 44 heavy (non-hydrogen) atoms. The second-order valence-electron chi connectivity index (χ2n) is 12.4. The second-order valence-corrected chi connectivity index (χ2v) is 12.4. The van der Waals surface area contributed by atoms with Crippen LogP contribution in [-0.4, -0.2) is 62.5 Å². The van der Waals surface area contributed by atoms with Crippen molar-refractivity contribution in [2.45, 2.75) is 43.8 Å². The smallest absolute Gasteiger partial charge is 0.250 e. The van der Waals surface area contributed by atoms with Crippen molar-refractivity contribution in [3.05, 3.63) is 125 Å². The number of aromatic nitrogens is 3. The summed E-state index contributed by atoms with van der Waals surface area (Å²) in [6, 6.07) is 30.4. The summed E-state index contributed by atoms with van der Waals surface area (Å²) >= 11 is 0. The SMILES string of the molecule is O=C1N(CCc2cn(Cc3ccccc3)nn2)CN(c2ccc(F)cc2)C12CCN([C@H]1Cc3cccc4cccc1c34)CC2. The number of benzene rings is 4. The van der Waals surface area contributed by atoms with Gasteiger partial charge in [-0.15, -0.1) is 5.10 Å². The number of rotatable bonds is 7. The van der Waals surface area contributed by atoms with E-state index >= 15 is 0 Å². The van der Waals surface area contributed by atoms with Gasteiger partial charge < -0.3 is 9.80 Å². The first kappa shape index (κ1) is 27.0. The number of hydrogen-bond acceptors (Lipinski definition) is 5. The zero-order valence-corrected chi connectivity index (χ0v) is 24.6. The standard InChI is InChI=1S/C36H35FN6O/c37-29-12-14-31(15-13-29)43-25-41(19-16-30-24-42(39-38-30)23-26-6-2-1-3-7-26)35(44)36(43)17-20-40(21-18-36)33-22-28-10-4-8-27-9-5-11-32(33)34(27)28/h1-15,24,33H,16-23,25H2/t33-/m0/s1. The normalized spacial score (nSPS) is 19.5. The Kier molecular flexibility index (Phi) is 6.67. The van der Waals surface area contributed by atoms with Crippen LogP contribution in [0.1, 0.15) is 41.3 Å². The summed E-state index contributed by atoms with van der Waals surface area (Å²) in [5.41, 5.74) is 5.11. The number of hydrogen-bond donors (Lipinski definition) is 0. The molecular formula is C36H35FN6O. The van der Waals surface area contributed by atoms with E-state index in [2.05, 4.69) is 68.6 Å². The van der Waals surface area contributed by atoms with Gasteiger partial charge in [-0.05, 0) is 71.0 Å². The zero-order chi connectivity index (χ0) is 29.7. The second kappa shape index (κ2) is 10.9. The Hall–Kier alpha value is -4.56.